The molecule has 124 valence electrons. The molecule has 2 nitrogen and oxygen atoms in total. The quantitative estimate of drug-likeness (QED) is 0.347. The number of unbranched alkanes of at least 4 members (excludes halogenated alkanes) is 1. The topological polar surface area (TPSA) is 20.3 Å². The van der Waals surface area contributed by atoms with E-state index in [0.29, 0.717) is 19.5 Å². The van der Waals surface area contributed by atoms with Gasteiger partial charge in [-0.2, -0.15) is 0 Å². The standard InChI is InChI=1S/C20H27NOS/c1-4-7-17-23-19-14-9-8-12-18(19)13-10-16-21(15-6-3)20(22)11-5-2/h3,8-10,12-14H,4-5,7,11,15-17H2,1-2H3/b13-10+. The van der Waals surface area contributed by atoms with Gasteiger partial charge >= 0.3 is 0 Å². The summed E-state index contributed by atoms with van der Waals surface area (Å²) in [6, 6.07) is 8.39. The molecule has 0 saturated carbocycles. The van der Waals surface area contributed by atoms with Crippen LogP contribution < -0.4 is 0 Å². The highest BCUT2D eigenvalue weighted by Crippen LogP contribution is 2.24. The minimum atomic E-state index is 0.126. The van der Waals surface area contributed by atoms with Gasteiger partial charge in [0.05, 0.1) is 6.54 Å². The summed E-state index contributed by atoms with van der Waals surface area (Å²) in [7, 11) is 0. The van der Waals surface area contributed by atoms with E-state index in [4.69, 9.17) is 6.42 Å². The fourth-order valence-corrected chi connectivity index (χ4v) is 3.25. The third-order valence-corrected chi connectivity index (χ3v) is 4.57. The van der Waals surface area contributed by atoms with E-state index in [1.165, 1.54) is 23.3 Å². The van der Waals surface area contributed by atoms with Gasteiger partial charge in [-0.15, -0.1) is 18.2 Å². The maximum atomic E-state index is 12.0. The summed E-state index contributed by atoms with van der Waals surface area (Å²) in [6.07, 6.45) is 13.3. The number of carbonyl (C=O) groups is 1. The highest BCUT2D eigenvalue weighted by molar-refractivity contribution is 7.99. The fraction of sp³-hybridized carbons (Fsp3) is 0.450. The summed E-state index contributed by atoms with van der Waals surface area (Å²) in [4.78, 5) is 15.0. The molecule has 0 aliphatic rings. The van der Waals surface area contributed by atoms with Crippen molar-refractivity contribution in [1.82, 2.24) is 4.90 Å². The minimum absolute atomic E-state index is 0.126. The highest BCUT2D eigenvalue weighted by atomic mass is 32.2. The Labute approximate surface area is 145 Å². The van der Waals surface area contributed by atoms with Crippen molar-refractivity contribution in [2.75, 3.05) is 18.8 Å². The van der Waals surface area contributed by atoms with Crippen molar-refractivity contribution in [3.63, 3.8) is 0 Å². The van der Waals surface area contributed by atoms with E-state index in [1.807, 2.05) is 30.8 Å². The monoisotopic (exact) mass is 329 g/mol. The van der Waals surface area contributed by atoms with Crippen molar-refractivity contribution >= 4 is 23.7 Å². The lowest BCUT2D eigenvalue weighted by molar-refractivity contribution is -0.130. The Morgan fingerprint density at radius 3 is 2.78 bits per heavy atom. The number of hydrogen-bond donors (Lipinski definition) is 0. The van der Waals surface area contributed by atoms with Crippen molar-refractivity contribution in [2.24, 2.45) is 0 Å². The van der Waals surface area contributed by atoms with E-state index in [-0.39, 0.29) is 5.91 Å². The van der Waals surface area contributed by atoms with E-state index in [1.54, 1.807) is 4.90 Å². The van der Waals surface area contributed by atoms with E-state index < -0.39 is 0 Å². The number of nitrogens with zero attached hydrogens (tertiary/aromatic N) is 1. The first-order chi connectivity index (χ1) is 11.2. The van der Waals surface area contributed by atoms with Crippen LogP contribution in [0.15, 0.2) is 35.2 Å². The van der Waals surface area contributed by atoms with Crippen molar-refractivity contribution < 1.29 is 4.79 Å². The van der Waals surface area contributed by atoms with Crippen LogP contribution in [-0.4, -0.2) is 29.6 Å². The van der Waals surface area contributed by atoms with Gasteiger partial charge in [-0.3, -0.25) is 4.79 Å². The molecule has 0 atom stereocenters. The maximum absolute atomic E-state index is 12.0. The highest BCUT2D eigenvalue weighted by Gasteiger charge is 2.09. The van der Waals surface area contributed by atoms with Crippen LogP contribution in [0.25, 0.3) is 6.08 Å². The average Bonchev–Trinajstić information content (AvgIpc) is 2.56. The zero-order valence-corrected chi connectivity index (χ0v) is 15.1. The molecule has 0 unspecified atom stereocenters. The lowest BCUT2D eigenvalue weighted by Crippen LogP contribution is -2.31. The third-order valence-electron chi connectivity index (χ3n) is 3.40. The first-order valence-electron chi connectivity index (χ1n) is 8.32. The second-order valence-corrected chi connectivity index (χ2v) is 6.51. The predicted octanol–water partition coefficient (Wildman–Crippen LogP) is 4.85. The van der Waals surface area contributed by atoms with Gasteiger partial charge in [-0.25, -0.2) is 0 Å². The summed E-state index contributed by atoms with van der Waals surface area (Å²) in [5.41, 5.74) is 1.21. The summed E-state index contributed by atoms with van der Waals surface area (Å²) in [6.45, 7) is 5.15. The van der Waals surface area contributed by atoms with Crippen LogP contribution in [0, 0.1) is 12.3 Å². The number of amides is 1. The summed E-state index contributed by atoms with van der Waals surface area (Å²) in [5.74, 6) is 3.83. The first-order valence-corrected chi connectivity index (χ1v) is 9.31. The second-order valence-electron chi connectivity index (χ2n) is 5.37. The predicted molar refractivity (Wildman–Crippen MR) is 101 cm³/mol. The van der Waals surface area contributed by atoms with Crippen LogP contribution in [0.2, 0.25) is 0 Å². The molecule has 0 aliphatic heterocycles. The Bertz CT molecular complexity index is 545. The molecule has 0 aromatic heterocycles. The molecule has 0 fully saturated rings. The number of terminal acetylenes is 1. The number of rotatable bonds is 10. The van der Waals surface area contributed by atoms with Crippen LogP contribution in [-0.2, 0) is 4.79 Å². The molecule has 0 saturated heterocycles. The summed E-state index contributed by atoms with van der Waals surface area (Å²) < 4.78 is 0. The molecule has 0 bridgehead atoms. The van der Waals surface area contributed by atoms with Gasteiger partial charge in [0.25, 0.3) is 0 Å². The lowest BCUT2D eigenvalue weighted by atomic mass is 10.2. The van der Waals surface area contributed by atoms with E-state index in [9.17, 15) is 4.79 Å². The molecular weight excluding hydrogens is 302 g/mol. The fourth-order valence-electron chi connectivity index (χ4n) is 2.12. The molecule has 0 aliphatic carbocycles. The van der Waals surface area contributed by atoms with Gasteiger partial charge in [0, 0.05) is 17.9 Å². The first kappa shape index (κ1) is 19.4. The van der Waals surface area contributed by atoms with Gasteiger partial charge in [-0.05, 0) is 30.2 Å². The zero-order chi connectivity index (χ0) is 16.9. The zero-order valence-electron chi connectivity index (χ0n) is 14.3. The Hall–Kier alpha value is -1.66. The van der Waals surface area contributed by atoms with E-state index >= 15 is 0 Å². The largest absolute Gasteiger partial charge is 0.328 e. The number of thioether (sulfide) groups is 1. The SMILES string of the molecule is C#CCN(C/C=C/c1ccccc1SCCCC)C(=O)CCC. The summed E-state index contributed by atoms with van der Waals surface area (Å²) >= 11 is 1.89. The number of hydrogen-bond acceptors (Lipinski definition) is 2. The Balaban J connectivity index is 2.68. The average molecular weight is 330 g/mol. The summed E-state index contributed by atoms with van der Waals surface area (Å²) in [5, 5.41) is 0. The van der Waals surface area contributed by atoms with Gasteiger partial charge in [0.2, 0.25) is 5.91 Å². The van der Waals surface area contributed by atoms with Crippen LogP contribution in [0.4, 0.5) is 0 Å². The van der Waals surface area contributed by atoms with Crippen LogP contribution in [0.1, 0.15) is 45.1 Å². The Morgan fingerprint density at radius 1 is 1.30 bits per heavy atom. The number of benzene rings is 1. The molecule has 0 heterocycles. The normalized spacial score (nSPS) is 10.7. The molecule has 3 heteroatoms. The van der Waals surface area contributed by atoms with Gasteiger partial charge in [0.15, 0.2) is 0 Å². The molecule has 1 rings (SSSR count). The number of carbonyl (C=O) groups excluding carboxylic acids is 1. The van der Waals surface area contributed by atoms with Crippen LogP contribution in [0.5, 0.6) is 0 Å². The molecule has 0 spiro atoms. The van der Waals surface area contributed by atoms with Crippen LogP contribution in [0.3, 0.4) is 0 Å². The van der Waals surface area contributed by atoms with Crippen molar-refractivity contribution in [3.8, 4) is 12.3 Å². The van der Waals surface area contributed by atoms with Gasteiger partial charge in [-0.1, -0.05) is 56.5 Å². The van der Waals surface area contributed by atoms with Gasteiger partial charge in [0.1, 0.15) is 0 Å². The molecule has 0 N–H and O–H groups in total. The molecule has 1 aromatic carbocycles. The molecule has 1 amide bonds. The van der Waals surface area contributed by atoms with E-state index in [0.717, 1.165) is 12.2 Å². The Morgan fingerprint density at radius 2 is 2.09 bits per heavy atom. The van der Waals surface area contributed by atoms with Crippen molar-refractivity contribution in [1.29, 1.82) is 0 Å². The minimum Gasteiger partial charge on any atom is -0.328 e. The maximum Gasteiger partial charge on any atom is 0.223 e. The van der Waals surface area contributed by atoms with Crippen molar-refractivity contribution in [2.45, 2.75) is 44.4 Å². The van der Waals surface area contributed by atoms with Gasteiger partial charge < -0.3 is 4.90 Å². The smallest absolute Gasteiger partial charge is 0.223 e. The molecule has 1 aromatic rings. The Kier molecular flexibility index (Phi) is 9.99. The van der Waals surface area contributed by atoms with E-state index in [2.05, 4.69) is 37.1 Å². The second kappa shape index (κ2) is 11.8. The van der Waals surface area contributed by atoms with Crippen LogP contribution >= 0.6 is 11.8 Å². The molecule has 0 radical (unpaired) electrons. The molecular formula is C20H27NOS. The third kappa shape index (κ3) is 7.43. The van der Waals surface area contributed by atoms with Crippen molar-refractivity contribution in [3.05, 3.63) is 35.9 Å². The molecule has 23 heavy (non-hydrogen) atoms. The lowest BCUT2D eigenvalue weighted by Gasteiger charge is -2.18.